The molecule has 164 valence electrons. The Morgan fingerprint density at radius 1 is 0.697 bits per heavy atom. The number of hydrogen-bond acceptors (Lipinski definition) is 1. The number of aryl methyl sites for hydroxylation is 2. The first kappa shape index (κ1) is 21.1. The Morgan fingerprint density at radius 2 is 1.18 bits per heavy atom. The molecule has 0 aliphatic heterocycles. The second-order valence-electron chi connectivity index (χ2n) is 8.73. The van der Waals surface area contributed by atoms with Crippen LogP contribution in [0.25, 0.3) is 22.3 Å². The Balaban J connectivity index is 0.000000140. The third kappa shape index (κ3) is 3.72. The fraction of sp³-hybridized carbons (Fsp3) is 0.138. The van der Waals surface area contributed by atoms with Crippen molar-refractivity contribution in [1.82, 2.24) is 0 Å². The van der Waals surface area contributed by atoms with Gasteiger partial charge in [0.25, 0.3) is 0 Å². The van der Waals surface area contributed by atoms with Crippen LogP contribution in [-0.2, 0) is 11.2 Å². The van der Waals surface area contributed by atoms with E-state index in [2.05, 4.69) is 25.1 Å². The summed E-state index contributed by atoms with van der Waals surface area (Å²) in [7, 11) is 0. The normalized spacial score (nSPS) is 14.5. The average molecular weight is 440 g/mol. The minimum Gasteiger partial charge on any atom is -0.481 e. The van der Waals surface area contributed by atoms with Crippen LogP contribution in [0.1, 0.15) is 39.3 Å². The van der Waals surface area contributed by atoms with Gasteiger partial charge in [0.1, 0.15) is 17.6 Å². The van der Waals surface area contributed by atoms with Gasteiger partial charge in [0.05, 0.1) is 0 Å². The Labute approximate surface area is 191 Å². The molecule has 1 unspecified atom stereocenters. The molecule has 0 radical (unpaired) electrons. The number of carbonyl (C=O) groups is 1. The predicted molar refractivity (Wildman–Crippen MR) is 125 cm³/mol. The fourth-order valence-corrected chi connectivity index (χ4v) is 4.93. The van der Waals surface area contributed by atoms with Gasteiger partial charge in [0.15, 0.2) is 0 Å². The highest BCUT2D eigenvalue weighted by atomic mass is 19.1. The summed E-state index contributed by atoms with van der Waals surface area (Å²) in [6.45, 7) is 4.01. The quantitative estimate of drug-likeness (QED) is 0.304. The van der Waals surface area contributed by atoms with E-state index in [-0.39, 0.29) is 5.82 Å². The van der Waals surface area contributed by atoms with Gasteiger partial charge in [0, 0.05) is 0 Å². The molecule has 0 bridgehead atoms. The Hall–Kier alpha value is -3.79. The number of fused-ring (bicyclic) bond motifs is 6. The molecule has 33 heavy (non-hydrogen) atoms. The number of hydrogen-bond donors (Lipinski definition) is 1. The molecule has 0 heterocycles. The molecule has 0 aromatic heterocycles. The van der Waals surface area contributed by atoms with Gasteiger partial charge >= 0.3 is 5.97 Å². The minimum atomic E-state index is -0.939. The summed E-state index contributed by atoms with van der Waals surface area (Å²) in [5.41, 5.74) is 10.1. The first-order valence-electron chi connectivity index (χ1n) is 10.8. The van der Waals surface area contributed by atoms with Crippen molar-refractivity contribution in [2.24, 2.45) is 0 Å². The van der Waals surface area contributed by atoms with Crippen molar-refractivity contribution >= 4 is 5.97 Å². The van der Waals surface area contributed by atoms with Crippen LogP contribution < -0.4 is 0 Å². The lowest BCUT2D eigenvalue weighted by Crippen LogP contribution is -2.10. The van der Waals surface area contributed by atoms with E-state index in [1.165, 1.54) is 40.5 Å². The molecule has 4 aromatic rings. The highest BCUT2D eigenvalue weighted by molar-refractivity contribution is 5.92. The van der Waals surface area contributed by atoms with E-state index < -0.39 is 17.7 Å². The van der Waals surface area contributed by atoms with Crippen LogP contribution in [0.5, 0.6) is 0 Å². The van der Waals surface area contributed by atoms with Crippen molar-refractivity contribution in [3.8, 4) is 22.3 Å². The number of carboxylic acid groups (broad SMARTS) is 1. The SMILES string of the molecule is Cc1ccc2c(c1)C(C(=O)O)c1cc(F)ccc1-2.Cc1ccc2c(c1)Cc1cc(F)ccc1-2. The third-order valence-corrected chi connectivity index (χ3v) is 6.38. The van der Waals surface area contributed by atoms with Crippen molar-refractivity contribution in [3.05, 3.63) is 118 Å². The van der Waals surface area contributed by atoms with Crippen LogP contribution in [0.3, 0.4) is 0 Å². The first-order valence-corrected chi connectivity index (χ1v) is 10.8. The highest BCUT2D eigenvalue weighted by Gasteiger charge is 2.34. The molecule has 4 heteroatoms. The summed E-state index contributed by atoms with van der Waals surface area (Å²) >= 11 is 0. The maximum absolute atomic E-state index is 13.3. The molecular weight excluding hydrogens is 418 g/mol. The summed E-state index contributed by atoms with van der Waals surface area (Å²) in [5.74, 6) is -2.24. The maximum atomic E-state index is 13.3. The van der Waals surface area contributed by atoms with Crippen molar-refractivity contribution in [1.29, 1.82) is 0 Å². The molecule has 0 fully saturated rings. The van der Waals surface area contributed by atoms with Gasteiger partial charge in [-0.3, -0.25) is 4.79 Å². The van der Waals surface area contributed by atoms with E-state index in [9.17, 15) is 18.7 Å². The van der Waals surface area contributed by atoms with E-state index >= 15 is 0 Å². The number of aliphatic carboxylic acids is 1. The van der Waals surface area contributed by atoms with Crippen LogP contribution in [0, 0.1) is 25.5 Å². The number of rotatable bonds is 1. The Bertz CT molecular complexity index is 1320. The second kappa shape index (κ2) is 7.96. The topological polar surface area (TPSA) is 37.3 Å². The fourth-order valence-electron chi connectivity index (χ4n) is 4.93. The van der Waals surface area contributed by atoms with Crippen molar-refractivity contribution in [3.63, 3.8) is 0 Å². The monoisotopic (exact) mass is 440 g/mol. The zero-order chi connectivity index (χ0) is 23.3. The van der Waals surface area contributed by atoms with Gasteiger partial charge in [-0.05, 0) is 89.0 Å². The summed E-state index contributed by atoms with van der Waals surface area (Å²) < 4.78 is 26.4. The molecule has 0 amide bonds. The first-order chi connectivity index (χ1) is 15.8. The highest BCUT2D eigenvalue weighted by Crippen LogP contribution is 2.45. The lowest BCUT2D eigenvalue weighted by atomic mass is 9.96. The van der Waals surface area contributed by atoms with E-state index in [1.54, 1.807) is 12.1 Å². The molecule has 2 nitrogen and oxygen atoms in total. The van der Waals surface area contributed by atoms with Gasteiger partial charge in [0.2, 0.25) is 0 Å². The van der Waals surface area contributed by atoms with Crippen LogP contribution in [0.4, 0.5) is 8.78 Å². The van der Waals surface area contributed by atoms with Crippen LogP contribution in [0.15, 0.2) is 72.8 Å². The maximum Gasteiger partial charge on any atom is 0.315 e. The summed E-state index contributed by atoms with van der Waals surface area (Å²) in [4.78, 5) is 11.4. The minimum absolute atomic E-state index is 0.140. The molecule has 0 saturated heterocycles. The van der Waals surface area contributed by atoms with Crippen molar-refractivity contribution < 1.29 is 18.7 Å². The lowest BCUT2D eigenvalue weighted by molar-refractivity contribution is -0.137. The van der Waals surface area contributed by atoms with Crippen molar-refractivity contribution in [2.75, 3.05) is 0 Å². The smallest absolute Gasteiger partial charge is 0.315 e. The van der Waals surface area contributed by atoms with Crippen LogP contribution in [-0.4, -0.2) is 11.1 Å². The molecule has 0 spiro atoms. The molecule has 1 atom stereocenters. The molecule has 2 aliphatic rings. The standard InChI is InChI=1S/C15H11FO2.C14H11F/c1-8-2-4-10-11-5-3-9(16)7-13(11)14(15(17)18)12(10)6-8;1-9-2-4-13-10(6-9)7-11-8-12(15)3-5-14(11)13/h2-7,14H,1H3,(H,17,18);2-6,8H,7H2,1H3. The van der Waals surface area contributed by atoms with Crippen LogP contribution in [0.2, 0.25) is 0 Å². The Kier molecular flexibility index (Phi) is 5.09. The molecule has 2 aliphatic carbocycles. The molecule has 1 N–H and O–H groups in total. The number of carboxylic acids is 1. The zero-order valence-corrected chi connectivity index (χ0v) is 18.3. The number of halogens is 2. The average Bonchev–Trinajstić information content (AvgIpc) is 3.27. The van der Waals surface area contributed by atoms with Gasteiger partial charge in [-0.2, -0.15) is 0 Å². The van der Waals surface area contributed by atoms with Gasteiger partial charge in [-0.1, -0.05) is 59.7 Å². The van der Waals surface area contributed by atoms with E-state index in [4.69, 9.17) is 0 Å². The second-order valence-corrected chi connectivity index (χ2v) is 8.73. The Morgan fingerprint density at radius 3 is 1.85 bits per heavy atom. The number of benzene rings is 4. The zero-order valence-electron chi connectivity index (χ0n) is 18.3. The van der Waals surface area contributed by atoms with E-state index in [0.29, 0.717) is 5.56 Å². The lowest BCUT2D eigenvalue weighted by Gasteiger charge is -2.08. The van der Waals surface area contributed by atoms with Gasteiger partial charge in [-0.25, -0.2) is 8.78 Å². The molecular formula is C29H22F2O2. The van der Waals surface area contributed by atoms with E-state index in [1.807, 2.05) is 31.2 Å². The van der Waals surface area contributed by atoms with E-state index in [0.717, 1.165) is 34.2 Å². The van der Waals surface area contributed by atoms with Gasteiger partial charge in [-0.15, -0.1) is 0 Å². The summed E-state index contributed by atoms with van der Waals surface area (Å²) in [6.07, 6.45) is 0.865. The third-order valence-electron chi connectivity index (χ3n) is 6.38. The predicted octanol–water partition coefficient (Wildman–Crippen LogP) is 7.04. The molecule has 4 aromatic carbocycles. The largest absolute Gasteiger partial charge is 0.481 e. The summed E-state index contributed by atoms with van der Waals surface area (Å²) in [5, 5.41) is 9.37. The summed E-state index contributed by atoms with van der Waals surface area (Å²) in [6, 6.07) is 21.5. The van der Waals surface area contributed by atoms with Crippen molar-refractivity contribution in [2.45, 2.75) is 26.2 Å². The molecule has 6 rings (SSSR count). The van der Waals surface area contributed by atoms with Crippen LogP contribution >= 0.6 is 0 Å². The molecule has 0 saturated carbocycles. The van der Waals surface area contributed by atoms with Gasteiger partial charge < -0.3 is 5.11 Å².